The van der Waals surface area contributed by atoms with Crippen LogP contribution in [0.25, 0.3) is 0 Å². The average Bonchev–Trinajstić information content (AvgIpc) is 3.17. The lowest BCUT2D eigenvalue weighted by molar-refractivity contribution is -0.161. The molecule has 55 heavy (non-hydrogen) atoms. The van der Waals surface area contributed by atoms with Gasteiger partial charge in [0.15, 0.2) is 6.10 Å². The van der Waals surface area contributed by atoms with Crippen LogP contribution < -0.4 is 0 Å². The fraction of sp³-hybridized carbons (Fsp3) is 0.864. The molecule has 0 aliphatic rings. The number of hydrogen-bond acceptors (Lipinski definition) is 9. The summed E-state index contributed by atoms with van der Waals surface area (Å²) in [6.07, 6.45) is 40.0. The first-order chi connectivity index (χ1) is 26.7. The molecule has 0 fully saturated rings. The van der Waals surface area contributed by atoms with Crippen LogP contribution in [0, 0.1) is 0 Å². The highest BCUT2D eigenvalue weighted by atomic mass is 31.2. The van der Waals surface area contributed by atoms with Crippen molar-refractivity contribution in [2.45, 2.75) is 219 Å². The van der Waals surface area contributed by atoms with E-state index >= 15 is 0 Å². The molecule has 0 saturated heterocycles. The van der Waals surface area contributed by atoms with Gasteiger partial charge in [-0.15, -0.1) is 0 Å². The first kappa shape index (κ1) is 53.5. The predicted molar refractivity (Wildman–Crippen MR) is 224 cm³/mol. The van der Waals surface area contributed by atoms with Crippen molar-refractivity contribution >= 4 is 19.8 Å². The Morgan fingerprint density at radius 2 is 0.891 bits per heavy atom. The fourth-order valence-electron chi connectivity index (χ4n) is 6.10. The number of aliphatic hydroxyl groups is 2. The molecule has 11 heteroatoms. The van der Waals surface area contributed by atoms with Gasteiger partial charge in [0.25, 0.3) is 0 Å². The molecule has 10 nitrogen and oxygen atoms in total. The Kier molecular flexibility index (Phi) is 39.5. The van der Waals surface area contributed by atoms with Crippen LogP contribution in [0.1, 0.15) is 206 Å². The van der Waals surface area contributed by atoms with E-state index in [9.17, 15) is 24.2 Å². The summed E-state index contributed by atoms with van der Waals surface area (Å²) in [4.78, 5) is 35.0. The van der Waals surface area contributed by atoms with E-state index in [2.05, 4.69) is 42.7 Å². The van der Waals surface area contributed by atoms with Crippen molar-refractivity contribution in [3.63, 3.8) is 0 Å². The van der Waals surface area contributed by atoms with Crippen LogP contribution in [-0.2, 0) is 32.7 Å². The van der Waals surface area contributed by atoms with Crippen molar-refractivity contribution in [3.05, 3.63) is 24.3 Å². The summed E-state index contributed by atoms with van der Waals surface area (Å²) in [6, 6.07) is 0. The van der Waals surface area contributed by atoms with Crippen LogP contribution in [0.2, 0.25) is 0 Å². The molecular weight excluding hydrogens is 719 g/mol. The van der Waals surface area contributed by atoms with Gasteiger partial charge in [0.05, 0.1) is 19.8 Å². The highest BCUT2D eigenvalue weighted by Gasteiger charge is 2.27. The number of ether oxygens (including phenoxy) is 2. The summed E-state index contributed by atoms with van der Waals surface area (Å²) in [6.45, 7) is 2.36. The maximum Gasteiger partial charge on any atom is 0.472 e. The SMILES string of the molecule is CCCCCC/C=C\CCCCCCCC(=O)OC[C@H](COP(=O)(O)OC[C@@H](O)CO)OC(=O)CCCCCCCCC/C=C\CCCCCCCCCC. The Labute approximate surface area is 336 Å². The Balaban J connectivity index is 4.26. The zero-order valence-electron chi connectivity index (χ0n) is 35.2. The summed E-state index contributed by atoms with van der Waals surface area (Å²) in [5, 5.41) is 18.3. The van der Waals surface area contributed by atoms with Crippen molar-refractivity contribution in [2.24, 2.45) is 0 Å². The Morgan fingerprint density at radius 1 is 0.527 bits per heavy atom. The van der Waals surface area contributed by atoms with Crippen LogP contribution >= 0.6 is 7.82 Å². The number of carbonyl (C=O) groups excluding carboxylic acids is 2. The Morgan fingerprint density at radius 3 is 1.33 bits per heavy atom. The van der Waals surface area contributed by atoms with Crippen LogP contribution in [0.4, 0.5) is 0 Å². The van der Waals surface area contributed by atoms with Gasteiger partial charge in [-0.05, 0) is 64.2 Å². The first-order valence-corrected chi connectivity index (χ1v) is 23.8. The van der Waals surface area contributed by atoms with E-state index in [1.165, 1.54) is 103 Å². The lowest BCUT2D eigenvalue weighted by Crippen LogP contribution is -2.29. The van der Waals surface area contributed by atoms with Crippen molar-refractivity contribution in [1.82, 2.24) is 0 Å². The number of unbranched alkanes of at least 4 members (excludes halogenated alkanes) is 24. The number of esters is 2. The molecule has 0 aromatic rings. The minimum Gasteiger partial charge on any atom is -0.462 e. The zero-order chi connectivity index (χ0) is 40.5. The highest BCUT2D eigenvalue weighted by molar-refractivity contribution is 7.47. The van der Waals surface area contributed by atoms with Crippen LogP contribution in [0.15, 0.2) is 24.3 Å². The molecule has 0 aliphatic carbocycles. The molecule has 0 heterocycles. The number of aliphatic hydroxyl groups excluding tert-OH is 2. The maximum atomic E-state index is 12.6. The van der Waals surface area contributed by atoms with Gasteiger partial charge in [0.2, 0.25) is 0 Å². The number of rotatable bonds is 42. The number of phosphoric acid groups is 1. The number of hydrogen-bond donors (Lipinski definition) is 3. The predicted octanol–water partition coefficient (Wildman–Crippen LogP) is 11.8. The second-order valence-corrected chi connectivity index (χ2v) is 16.5. The molecule has 0 amide bonds. The third-order valence-electron chi connectivity index (χ3n) is 9.58. The monoisotopic (exact) mass is 803 g/mol. The van der Waals surface area contributed by atoms with E-state index < -0.39 is 51.8 Å². The molecule has 1 unspecified atom stereocenters. The van der Waals surface area contributed by atoms with E-state index in [-0.39, 0.29) is 19.4 Å². The van der Waals surface area contributed by atoms with Gasteiger partial charge in [-0.1, -0.05) is 154 Å². The van der Waals surface area contributed by atoms with Crippen molar-refractivity contribution in [1.29, 1.82) is 0 Å². The number of allylic oxidation sites excluding steroid dienone is 4. The quantitative estimate of drug-likeness (QED) is 0.0236. The molecule has 0 saturated carbocycles. The second kappa shape index (κ2) is 40.6. The minimum atomic E-state index is -4.62. The molecule has 324 valence electrons. The fourth-order valence-corrected chi connectivity index (χ4v) is 6.89. The summed E-state index contributed by atoms with van der Waals surface area (Å²) in [5.74, 6) is -0.935. The Hall–Kier alpha value is -1.55. The molecule has 0 radical (unpaired) electrons. The van der Waals surface area contributed by atoms with Crippen LogP contribution in [0.3, 0.4) is 0 Å². The third kappa shape index (κ3) is 40.4. The van der Waals surface area contributed by atoms with Crippen molar-refractivity contribution < 1.29 is 47.8 Å². The standard InChI is InChI=1S/C44H83O10P/c1-3-5-7-9-11-13-15-17-18-19-20-21-22-24-26-28-30-32-34-36-44(48)54-42(40-53-55(49,50)52-38-41(46)37-45)39-51-43(47)35-33-31-29-27-25-23-16-14-12-10-8-6-4-2/h14,16,19-20,41-42,45-46H,3-13,15,17-18,21-40H2,1-2H3,(H,49,50)/b16-14-,20-19-/t41-,42+/m0/s1. The number of carbonyl (C=O) groups is 2. The number of phosphoric ester groups is 1. The highest BCUT2D eigenvalue weighted by Crippen LogP contribution is 2.43. The molecule has 0 rings (SSSR count). The summed E-state index contributed by atoms with van der Waals surface area (Å²) in [7, 11) is -4.62. The summed E-state index contributed by atoms with van der Waals surface area (Å²) >= 11 is 0. The third-order valence-corrected chi connectivity index (χ3v) is 10.5. The van der Waals surface area contributed by atoms with Gasteiger partial charge < -0.3 is 24.6 Å². The first-order valence-electron chi connectivity index (χ1n) is 22.3. The van der Waals surface area contributed by atoms with Crippen LogP contribution in [0.5, 0.6) is 0 Å². The van der Waals surface area contributed by atoms with Gasteiger partial charge in [-0.3, -0.25) is 18.6 Å². The smallest absolute Gasteiger partial charge is 0.462 e. The molecule has 0 aromatic heterocycles. The summed E-state index contributed by atoms with van der Waals surface area (Å²) < 4.78 is 32.7. The second-order valence-electron chi connectivity index (χ2n) is 15.1. The molecular formula is C44H83O10P. The van der Waals surface area contributed by atoms with Gasteiger partial charge in [0.1, 0.15) is 12.7 Å². The largest absolute Gasteiger partial charge is 0.472 e. The molecule has 0 aliphatic heterocycles. The van der Waals surface area contributed by atoms with Gasteiger partial charge >= 0.3 is 19.8 Å². The topological polar surface area (TPSA) is 149 Å². The molecule has 0 bridgehead atoms. The minimum absolute atomic E-state index is 0.179. The molecule has 0 aromatic carbocycles. The maximum absolute atomic E-state index is 12.6. The lowest BCUT2D eigenvalue weighted by Gasteiger charge is -2.20. The Bertz CT molecular complexity index is 972. The molecule has 3 N–H and O–H groups in total. The van der Waals surface area contributed by atoms with E-state index in [0.29, 0.717) is 12.8 Å². The normalized spacial score (nSPS) is 14.1. The van der Waals surface area contributed by atoms with E-state index in [1.54, 1.807) is 0 Å². The van der Waals surface area contributed by atoms with E-state index in [4.69, 9.17) is 19.1 Å². The van der Waals surface area contributed by atoms with Crippen molar-refractivity contribution in [3.8, 4) is 0 Å². The van der Waals surface area contributed by atoms with Gasteiger partial charge in [0, 0.05) is 12.8 Å². The van der Waals surface area contributed by atoms with Gasteiger partial charge in [-0.25, -0.2) is 4.57 Å². The zero-order valence-corrected chi connectivity index (χ0v) is 36.0. The molecule has 0 spiro atoms. The molecule has 3 atom stereocenters. The van der Waals surface area contributed by atoms with Gasteiger partial charge in [-0.2, -0.15) is 0 Å². The van der Waals surface area contributed by atoms with E-state index in [1.807, 2.05) is 0 Å². The van der Waals surface area contributed by atoms with Crippen molar-refractivity contribution in [2.75, 3.05) is 26.4 Å². The average molecular weight is 803 g/mol. The summed E-state index contributed by atoms with van der Waals surface area (Å²) in [5.41, 5.74) is 0. The van der Waals surface area contributed by atoms with Crippen LogP contribution in [-0.4, -0.2) is 65.7 Å². The lowest BCUT2D eigenvalue weighted by atomic mass is 10.1. The van der Waals surface area contributed by atoms with E-state index in [0.717, 1.165) is 64.2 Å².